The third-order valence-electron chi connectivity index (χ3n) is 7.94. The van der Waals surface area contributed by atoms with E-state index in [2.05, 4.69) is 77.0 Å². The summed E-state index contributed by atoms with van der Waals surface area (Å²) in [6.07, 6.45) is 9.22. The summed E-state index contributed by atoms with van der Waals surface area (Å²) >= 11 is 7.62. The number of aryl methyl sites for hydroxylation is 2. The predicted molar refractivity (Wildman–Crippen MR) is 142 cm³/mol. The number of fused-ring (bicyclic) bond motifs is 2. The lowest BCUT2D eigenvalue weighted by molar-refractivity contribution is 0.467. The van der Waals surface area contributed by atoms with Gasteiger partial charge in [0.25, 0.3) is 0 Å². The summed E-state index contributed by atoms with van der Waals surface area (Å²) in [6, 6.07) is 7.04. The molecule has 1 unspecified atom stereocenters. The van der Waals surface area contributed by atoms with Gasteiger partial charge in [-0.15, -0.1) is 0 Å². The van der Waals surface area contributed by atoms with Gasteiger partial charge in [0.15, 0.2) is 8.32 Å². The number of anilines is 1. The number of nitrogens with two attached hydrogens (primary N) is 1. The maximum absolute atomic E-state index is 10.9. The molecule has 0 spiro atoms. The highest BCUT2D eigenvalue weighted by Gasteiger charge is 2.39. The summed E-state index contributed by atoms with van der Waals surface area (Å²) < 4.78 is 2.24. The summed E-state index contributed by atoms with van der Waals surface area (Å²) in [4.78, 5) is 10.9. The molecule has 0 fully saturated rings. The molecule has 5 heteroatoms. The Morgan fingerprint density at radius 3 is 2.35 bits per heavy atom. The number of halogens is 2. The summed E-state index contributed by atoms with van der Waals surface area (Å²) in [5, 5.41) is -0.0953. The van der Waals surface area contributed by atoms with Crippen LogP contribution in [0.4, 0.5) is 5.69 Å². The molecule has 31 heavy (non-hydrogen) atoms. The second kappa shape index (κ2) is 8.62. The van der Waals surface area contributed by atoms with Crippen LogP contribution in [0.25, 0.3) is 0 Å². The SMILES string of the molecule is CC(C)(Cc1cc2c(cc1Br)CCCC2c1c(N)c(Br)cc2c1CCCC2)[Si](C)(C)O. The molecule has 0 saturated carbocycles. The highest BCUT2D eigenvalue weighted by atomic mass is 79.9. The molecule has 0 aromatic heterocycles. The Morgan fingerprint density at radius 2 is 1.65 bits per heavy atom. The van der Waals surface area contributed by atoms with Crippen LogP contribution in [-0.4, -0.2) is 13.1 Å². The van der Waals surface area contributed by atoms with E-state index in [-0.39, 0.29) is 5.04 Å². The first-order chi connectivity index (χ1) is 14.5. The van der Waals surface area contributed by atoms with Crippen molar-refractivity contribution in [1.29, 1.82) is 0 Å². The Balaban J connectivity index is 1.83. The van der Waals surface area contributed by atoms with Crippen molar-refractivity contribution in [3.05, 3.63) is 60.5 Å². The number of hydrogen-bond acceptors (Lipinski definition) is 2. The lowest BCUT2D eigenvalue weighted by Gasteiger charge is -2.36. The van der Waals surface area contributed by atoms with E-state index in [1.165, 1.54) is 57.1 Å². The van der Waals surface area contributed by atoms with Crippen molar-refractivity contribution in [2.75, 3.05) is 5.73 Å². The standard InChI is InChI=1S/C26H35Br2NOSi/c1-26(2,31(3,4)30)15-18-12-21-17(13-22(18)27)9-7-11-20(21)24-19-10-6-5-8-16(19)14-23(28)25(24)29/h12-14,20,30H,5-11,15,29H2,1-4H3. The van der Waals surface area contributed by atoms with E-state index in [0.29, 0.717) is 5.92 Å². The van der Waals surface area contributed by atoms with Gasteiger partial charge in [0.05, 0.1) is 0 Å². The van der Waals surface area contributed by atoms with Crippen molar-refractivity contribution in [2.24, 2.45) is 0 Å². The van der Waals surface area contributed by atoms with Gasteiger partial charge in [-0.25, -0.2) is 0 Å². The summed E-state index contributed by atoms with van der Waals surface area (Å²) in [7, 11) is -2.29. The van der Waals surface area contributed by atoms with E-state index in [0.717, 1.165) is 42.3 Å². The highest BCUT2D eigenvalue weighted by molar-refractivity contribution is 9.10. The van der Waals surface area contributed by atoms with Gasteiger partial charge in [-0.1, -0.05) is 35.8 Å². The first kappa shape index (κ1) is 23.5. The first-order valence-electron chi connectivity index (χ1n) is 11.6. The number of benzene rings is 2. The topological polar surface area (TPSA) is 46.2 Å². The third-order valence-corrected chi connectivity index (χ3v) is 12.8. The van der Waals surface area contributed by atoms with Crippen molar-refractivity contribution < 1.29 is 4.80 Å². The molecule has 3 N–H and O–H groups in total. The molecular weight excluding hydrogens is 530 g/mol. The Kier molecular flexibility index (Phi) is 6.55. The van der Waals surface area contributed by atoms with Crippen molar-refractivity contribution in [1.82, 2.24) is 0 Å². The lowest BCUT2D eigenvalue weighted by atomic mass is 9.73. The van der Waals surface area contributed by atoms with Crippen LogP contribution in [0.5, 0.6) is 0 Å². The van der Waals surface area contributed by atoms with Crippen molar-refractivity contribution in [2.45, 2.75) is 89.3 Å². The average Bonchev–Trinajstić information content (AvgIpc) is 2.68. The number of hydrogen-bond donors (Lipinski definition) is 2. The lowest BCUT2D eigenvalue weighted by Crippen LogP contribution is -2.40. The third kappa shape index (κ3) is 4.45. The van der Waals surface area contributed by atoms with Gasteiger partial charge in [-0.3, -0.25) is 0 Å². The van der Waals surface area contributed by atoms with E-state index in [4.69, 9.17) is 5.73 Å². The quantitative estimate of drug-likeness (QED) is 0.295. The zero-order valence-corrected chi connectivity index (χ0v) is 23.4. The fourth-order valence-electron chi connectivity index (χ4n) is 5.31. The maximum Gasteiger partial charge on any atom is 0.188 e. The van der Waals surface area contributed by atoms with Crippen LogP contribution >= 0.6 is 31.9 Å². The van der Waals surface area contributed by atoms with Crippen LogP contribution < -0.4 is 5.73 Å². The molecule has 2 aromatic carbocycles. The maximum atomic E-state index is 10.9. The Bertz CT molecular complexity index is 1010. The fraction of sp³-hybridized carbons (Fsp3) is 0.538. The van der Waals surface area contributed by atoms with E-state index in [9.17, 15) is 4.80 Å². The normalized spacial score (nSPS) is 19.1. The van der Waals surface area contributed by atoms with Gasteiger partial charge in [0, 0.05) is 20.6 Å². The summed E-state index contributed by atoms with van der Waals surface area (Å²) in [6.45, 7) is 8.53. The molecule has 0 aliphatic heterocycles. The molecule has 168 valence electrons. The van der Waals surface area contributed by atoms with Crippen molar-refractivity contribution in [3.63, 3.8) is 0 Å². The van der Waals surface area contributed by atoms with Gasteiger partial charge < -0.3 is 10.5 Å². The van der Waals surface area contributed by atoms with Crippen LogP contribution in [0.2, 0.25) is 18.1 Å². The number of nitrogen functional groups attached to an aromatic ring is 1. The van der Waals surface area contributed by atoms with Gasteiger partial charge in [-0.2, -0.15) is 0 Å². The van der Waals surface area contributed by atoms with Crippen LogP contribution in [0.1, 0.15) is 78.8 Å². The van der Waals surface area contributed by atoms with Gasteiger partial charge in [0.1, 0.15) is 0 Å². The molecule has 0 amide bonds. The minimum Gasteiger partial charge on any atom is -0.432 e. The largest absolute Gasteiger partial charge is 0.432 e. The Labute approximate surface area is 205 Å². The zero-order valence-electron chi connectivity index (χ0n) is 19.2. The average molecular weight is 565 g/mol. The summed E-state index contributed by atoms with van der Waals surface area (Å²) in [5.74, 6) is 0.363. The van der Waals surface area contributed by atoms with E-state index < -0.39 is 8.32 Å². The zero-order chi connectivity index (χ0) is 22.6. The highest BCUT2D eigenvalue weighted by Crippen LogP contribution is 2.47. The van der Waals surface area contributed by atoms with Crippen LogP contribution in [-0.2, 0) is 25.7 Å². The molecule has 0 saturated heterocycles. The van der Waals surface area contributed by atoms with E-state index in [1.54, 1.807) is 0 Å². The predicted octanol–water partition coefficient (Wildman–Crippen LogP) is 7.66. The summed E-state index contributed by atoms with van der Waals surface area (Å²) in [5.41, 5.74) is 16.3. The molecule has 1 atom stereocenters. The molecule has 4 rings (SSSR count). The molecule has 2 nitrogen and oxygen atoms in total. The van der Waals surface area contributed by atoms with Crippen molar-refractivity contribution in [3.8, 4) is 0 Å². The second-order valence-corrected chi connectivity index (χ2v) is 16.9. The second-order valence-electron chi connectivity index (χ2n) is 10.7. The monoisotopic (exact) mass is 563 g/mol. The molecular formula is C26H35Br2NOSi. The first-order valence-corrected chi connectivity index (χ1v) is 16.2. The minimum atomic E-state index is -2.29. The van der Waals surface area contributed by atoms with Crippen LogP contribution in [0.3, 0.4) is 0 Å². The smallest absolute Gasteiger partial charge is 0.188 e. The molecule has 0 heterocycles. The Hall–Kier alpha value is -0.623. The van der Waals surface area contributed by atoms with Crippen molar-refractivity contribution >= 4 is 45.9 Å². The Morgan fingerprint density at radius 1 is 1.00 bits per heavy atom. The molecule has 0 bridgehead atoms. The van der Waals surface area contributed by atoms with E-state index >= 15 is 0 Å². The minimum absolute atomic E-state index is 0.0953. The van der Waals surface area contributed by atoms with Gasteiger partial charge in [-0.05, 0) is 131 Å². The molecule has 0 radical (unpaired) electrons. The molecule has 2 aromatic rings. The van der Waals surface area contributed by atoms with Crippen LogP contribution in [0.15, 0.2) is 27.1 Å². The number of rotatable bonds is 4. The van der Waals surface area contributed by atoms with Crippen LogP contribution in [0, 0.1) is 0 Å². The van der Waals surface area contributed by atoms with Gasteiger partial charge in [0.2, 0.25) is 0 Å². The molecule has 2 aliphatic rings. The fourth-order valence-corrected chi connectivity index (χ4v) is 6.96. The van der Waals surface area contributed by atoms with E-state index in [1.807, 2.05) is 0 Å². The van der Waals surface area contributed by atoms with Gasteiger partial charge >= 0.3 is 0 Å². The molecule has 2 aliphatic carbocycles.